The normalized spacial score (nSPS) is 10.0. The van der Waals surface area contributed by atoms with Gasteiger partial charge in [-0.3, -0.25) is 14.9 Å². The first-order valence-corrected chi connectivity index (χ1v) is 5.56. The van der Waals surface area contributed by atoms with Crippen molar-refractivity contribution >= 4 is 27.5 Å². The Bertz CT molecular complexity index is 436. The number of ether oxygens (including phenoxy) is 1. The van der Waals surface area contributed by atoms with Crippen molar-refractivity contribution in [2.75, 3.05) is 20.3 Å². The molecule has 1 N–H and O–H groups in total. The van der Waals surface area contributed by atoms with Gasteiger partial charge in [0.2, 0.25) is 0 Å². The van der Waals surface area contributed by atoms with Crippen molar-refractivity contribution in [1.29, 1.82) is 0 Å². The fraction of sp³-hybridized carbons (Fsp3) is 0.300. The predicted octanol–water partition coefficient (Wildman–Crippen LogP) is 1.73. The van der Waals surface area contributed by atoms with Gasteiger partial charge in [-0.2, -0.15) is 0 Å². The Hall–Kier alpha value is -1.47. The smallest absolute Gasteiger partial charge is 0.271 e. The van der Waals surface area contributed by atoms with E-state index in [2.05, 4.69) is 21.2 Å². The van der Waals surface area contributed by atoms with Crippen LogP contribution in [0.3, 0.4) is 0 Å². The van der Waals surface area contributed by atoms with Crippen LogP contribution in [0.4, 0.5) is 5.69 Å². The van der Waals surface area contributed by atoms with Crippen LogP contribution in [0, 0.1) is 10.1 Å². The molecule has 6 nitrogen and oxygen atoms in total. The van der Waals surface area contributed by atoms with Gasteiger partial charge in [0.05, 0.1) is 11.5 Å². The number of nitro groups is 1. The Morgan fingerprint density at radius 3 is 2.82 bits per heavy atom. The summed E-state index contributed by atoms with van der Waals surface area (Å²) in [6.45, 7) is 0.748. The summed E-state index contributed by atoms with van der Waals surface area (Å²) >= 11 is 3.12. The predicted molar refractivity (Wildman–Crippen MR) is 65.0 cm³/mol. The number of halogens is 1. The number of benzene rings is 1. The van der Waals surface area contributed by atoms with Crippen LogP contribution in [0.2, 0.25) is 0 Å². The molecule has 0 atom stereocenters. The van der Waals surface area contributed by atoms with E-state index in [1.165, 1.54) is 25.3 Å². The Kier molecular flexibility index (Phi) is 5.05. The van der Waals surface area contributed by atoms with Crippen molar-refractivity contribution in [1.82, 2.24) is 5.32 Å². The first-order valence-electron chi connectivity index (χ1n) is 4.76. The highest BCUT2D eigenvalue weighted by Crippen LogP contribution is 2.21. The fourth-order valence-electron chi connectivity index (χ4n) is 1.18. The summed E-state index contributed by atoms with van der Waals surface area (Å²) in [5, 5.41) is 13.2. The average molecular weight is 303 g/mol. The third-order valence-corrected chi connectivity index (χ3v) is 2.41. The number of amides is 1. The van der Waals surface area contributed by atoms with Crippen molar-refractivity contribution in [3.8, 4) is 0 Å². The number of methoxy groups -OCH3 is 1. The van der Waals surface area contributed by atoms with Gasteiger partial charge in [-0.25, -0.2) is 0 Å². The summed E-state index contributed by atoms with van der Waals surface area (Å²) in [5.41, 5.74) is 0.110. The summed E-state index contributed by atoms with van der Waals surface area (Å²) in [6, 6.07) is 4.09. The van der Waals surface area contributed by atoms with Gasteiger partial charge >= 0.3 is 0 Å². The molecule has 0 aliphatic carbocycles. The monoisotopic (exact) mass is 302 g/mol. The van der Waals surface area contributed by atoms with Gasteiger partial charge in [-0.05, 0) is 6.07 Å². The molecular formula is C10H11BrN2O4. The summed E-state index contributed by atoms with van der Waals surface area (Å²) < 4.78 is 5.27. The molecule has 0 unspecified atom stereocenters. The van der Waals surface area contributed by atoms with Gasteiger partial charge in [0, 0.05) is 35.8 Å². The fourth-order valence-corrected chi connectivity index (χ4v) is 1.66. The molecule has 0 fully saturated rings. The first kappa shape index (κ1) is 13.6. The number of rotatable bonds is 5. The van der Waals surface area contributed by atoms with Crippen LogP contribution < -0.4 is 5.32 Å². The van der Waals surface area contributed by atoms with E-state index in [9.17, 15) is 14.9 Å². The second-order valence-corrected chi connectivity index (χ2v) is 4.12. The van der Waals surface area contributed by atoms with E-state index in [1.54, 1.807) is 0 Å². The number of hydrogen-bond donors (Lipinski definition) is 1. The van der Waals surface area contributed by atoms with Crippen LogP contribution >= 0.6 is 15.9 Å². The third kappa shape index (κ3) is 4.12. The highest BCUT2D eigenvalue weighted by Gasteiger charge is 2.13. The molecule has 0 aliphatic heterocycles. The summed E-state index contributed by atoms with van der Waals surface area (Å²) in [7, 11) is 1.52. The standard InChI is InChI=1S/C10H11BrN2O4/c1-17-3-2-12-10(14)7-4-8(11)6-9(5-7)13(15)16/h4-6H,2-3H2,1H3,(H,12,14). The van der Waals surface area contributed by atoms with Crippen molar-refractivity contribution in [2.45, 2.75) is 0 Å². The second kappa shape index (κ2) is 6.31. The van der Waals surface area contributed by atoms with Gasteiger partial charge < -0.3 is 10.1 Å². The molecule has 0 heterocycles. The van der Waals surface area contributed by atoms with Gasteiger partial charge in [0.25, 0.3) is 11.6 Å². The maximum Gasteiger partial charge on any atom is 0.271 e. The van der Waals surface area contributed by atoms with E-state index in [0.717, 1.165) is 0 Å². The summed E-state index contributed by atoms with van der Waals surface area (Å²) in [5.74, 6) is -0.369. The van der Waals surface area contributed by atoms with E-state index in [4.69, 9.17) is 4.74 Å². The maximum absolute atomic E-state index is 11.6. The van der Waals surface area contributed by atoms with Crippen molar-refractivity contribution in [2.24, 2.45) is 0 Å². The largest absolute Gasteiger partial charge is 0.383 e. The van der Waals surface area contributed by atoms with Crippen LogP contribution in [0.5, 0.6) is 0 Å². The van der Waals surface area contributed by atoms with Crippen molar-refractivity contribution in [3.63, 3.8) is 0 Å². The number of non-ortho nitro benzene ring substituents is 1. The first-order chi connectivity index (χ1) is 8.04. The lowest BCUT2D eigenvalue weighted by atomic mass is 10.2. The number of nitro benzene ring substituents is 1. The quantitative estimate of drug-likeness (QED) is 0.510. The van der Waals surface area contributed by atoms with Gasteiger partial charge in [-0.1, -0.05) is 15.9 Å². The molecule has 0 bridgehead atoms. The molecule has 0 saturated carbocycles. The molecule has 1 aromatic carbocycles. The highest BCUT2D eigenvalue weighted by atomic mass is 79.9. The summed E-state index contributed by atoms with van der Waals surface area (Å²) in [6.07, 6.45) is 0. The Morgan fingerprint density at radius 1 is 1.53 bits per heavy atom. The molecule has 1 rings (SSSR count). The van der Waals surface area contributed by atoms with E-state index in [0.29, 0.717) is 17.6 Å². The topological polar surface area (TPSA) is 81.5 Å². The zero-order valence-corrected chi connectivity index (χ0v) is 10.7. The molecule has 1 amide bonds. The molecule has 7 heteroatoms. The molecule has 0 aromatic heterocycles. The lowest BCUT2D eigenvalue weighted by Gasteiger charge is -2.04. The van der Waals surface area contributed by atoms with Crippen LogP contribution in [0.1, 0.15) is 10.4 Å². The lowest BCUT2D eigenvalue weighted by Crippen LogP contribution is -2.26. The van der Waals surface area contributed by atoms with E-state index in [-0.39, 0.29) is 17.2 Å². The number of nitrogens with zero attached hydrogens (tertiary/aromatic N) is 1. The van der Waals surface area contributed by atoms with Gasteiger partial charge in [-0.15, -0.1) is 0 Å². The maximum atomic E-state index is 11.6. The second-order valence-electron chi connectivity index (χ2n) is 3.20. The van der Waals surface area contributed by atoms with Crippen molar-refractivity contribution in [3.05, 3.63) is 38.3 Å². The molecule has 17 heavy (non-hydrogen) atoms. The number of nitrogens with one attached hydrogen (secondary N) is 1. The minimum atomic E-state index is -0.545. The van der Waals surface area contributed by atoms with Crippen LogP contribution in [-0.4, -0.2) is 31.1 Å². The molecule has 92 valence electrons. The van der Waals surface area contributed by atoms with E-state index in [1.807, 2.05) is 0 Å². The molecule has 0 spiro atoms. The van der Waals surface area contributed by atoms with Crippen LogP contribution in [-0.2, 0) is 4.74 Å². The summed E-state index contributed by atoms with van der Waals surface area (Å²) in [4.78, 5) is 21.7. The van der Waals surface area contributed by atoms with Gasteiger partial charge in [0.1, 0.15) is 0 Å². The van der Waals surface area contributed by atoms with Crippen molar-refractivity contribution < 1.29 is 14.5 Å². The van der Waals surface area contributed by atoms with E-state index < -0.39 is 4.92 Å². The average Bonchev–Trinajstić information content (AvgIpc) is 2.28. The molecule has 0 aliphatic rings. The number of carbonyl (C=O) groups excluding carboxylic acids is 1. The van der Waals surface area contributed by atoms with E-state index >= 15 is 0 Å². The lowest BCUT2D eigenvalue weighted by molar-refractivity contribution is -0.385. The highest BCUT2D eigenvalue weighted by molar-refractivity contribution is 9.10. The number of hydrogen-bond acceptors (Lipinski definition) is 4. The zero-order chi connectivity index (χ0) is 12.8. The zero-order valence-electron chi connectivity index (χ0n) is 9.10. The molecule has 0 saturated heterocycles. The van der Waals surface area contributed by atoms with Crippen LogP contribution in [0.15, 0.2) is 22.7 Å². The van der Waals surface area contributed by atoms with Crippen LogP contribution in [0.25, 0.3) is 0 Å². The minimum Gasteiger partial charge on any atom is -0.383 e. The Balaban J connectivity index is 2.82. The Morgan fingerprint density at radius 2 is 2.24 bits per heavy atom. The molecule has 0 radical (unpaired) electrons. The van der Waals surface area contributed by atoms with Gasteiger partial charge in [0.15, 0.2) is 0 Å². The SMILES string of the molecule is COCCNC(=O)c1cc(Br)cc([N+](=O)[O-])c1. The number of carbonyl (C=O) groups is 1. The molecular weight excluding hydrogens is 292 g/mol. The Labute approximate surface area is 106 Å². The minimum absolute atomic E-state index is 0.128. The molecule has 1 aromatic rings. The third-order valence-electron chi connectivity index (χ3n) is 1.95.